The average Bonchev–Trinajstić information content (AvgIpc) is 2.67. The van der Waals surface area contributed by atoms with E-state index in [9.17, 15) is 10.1 Å². The Hall–Kier alpha value is -3.32. The molecule has 0 spiro atoms. The van der Waals surface area contributed by atoms with Crippen molar-refractivity contribution in [3.8, 4) is 23.7 Å². The van der Waals surface area contributed by atoms with Crippen LogP contribution in [0.25, 0.3) is 0 Å². The molecule has 0 aliphatic rings. The molecular formula is C22H14N2O2S2. The summed E-state index contributed by atoms with van der Waals surface area (Å²) in [5.74, 6) is 11.9. The fourth-order valence-electron chi connectivity index (χ4n) is 2.36. The van der Waals surface area contributed by atoms with E-state index in [-0.39, 0.29) is 5.69 Å². The molecule has 0 aliphatic heterocycles. The molecule has 2 N–H and O–H groups in total. The smallest absolute Gasteiger partial charge is 0.286 e. The Bertz CT molecular complexity index is 1180. The van der Waals surface area contributed by atoms with Gasteiger partial charge in [-0.05, 0) is 54.6 Å². The highest BCUT2D eigenvalue weighted by atomic mass is 32.1. The minimum atomic E-state index is -0.464. The number of nitro benzene ring substituents is 1. The van der Waals surface area contributed by atoms with Crippen LogP contribution in [-0.2, 0) is 0 Å². The van der Waals surface area contributed by atoms with Gasteiger partial charge in [-0.25, -0.2) is 0 Å². The van der Waals surface area contributed by atoms with E-state index in [1.165, 1.54) is 6.07 Å². The van der Waals surface area contributed by atoms with Gasteiger partial charge in [0, 0.05) is 38.2 Å². The molecule has 6 heteroatoms. The first kappa shape index (κ1) is 19.4. The second-order valence-electron chi connectivity index (χ2n) is 5.81. The van der Waals surface area contributed by atoms with Gasteiger partial charge in [-0.2, -0.15) is 0 Å². The Morgan fingerprint density at radius 1 is 0.750 bits per heavy atom. The second kappa shape index (κ2) is 8.58. The van der Waals surface area contributed by atoms with E-state index < -0.39 is 4.92 Å². The SMILES string of the molecule is Nc1cc(S)ccc1C#Cc1ccc(C#Cc2ccc(S)cc2[N+](=O)[O-])cc1. The van der Waals surface area contributed by atoms with Gasteiger partial charge in [-0.1, -0.05) is 23.7 Å². The van der Waals surface area contributed by atoms with Crippen molar-refractivity contribution in [2.45, 2.75) is 9.79 Å². The molecule has 0 unspecified atom stereocenters. The minimum Gasteiger partial charge on any atom is -0.398 e. The highest BCUT2D eigenvalue weighted by Crippen LogP contribution is 2.21. The Labute approximate surface area is 173 Å². The standard InChI is InChI=1S/C22H14N2O2S2/c23-21-13-19(27)11-9-17(21)7-5-15-1-3-16(4-2-15)6-8-18-10-12-20(28)14-22(18)24(25)26/h1-4,9-14,27-28H,23H2. The summed E-state index contributed by atoms with van der Waals surface area (Å²) in [5, 5.41) is 11.1. The van der Waals surface area contributed by atoms with E-state index in [4.69, 9.17) is 5.73 Å². The summed E-state index contributed by atoms with van der Waals surface area (Å²) < 4.78 is 0. The third-order valence-corrected chi connectivity index (χ3v) is 4.34. The molecule has 3 aromatic carbocycles. The zero-order chi connectivity index (χ0) is 20.1. The molecule has 0 saturated carbocycles. The number of hydrogen-bond donors (Lipinski definition) is 3. The maximum Gasteiger partial charge on any atom is 0.286 e. The predicted molar refractivity (Wildman–Crippen MR) is 117 cm³/mol. The second-order valence-corrected chi connectivity index (χ2v) is 6.84. The molecule has 0 fully saturated rings. The van der Waals surface area contributed by atoms with E-state index in [1.54, 1.807) is 18.2 Å². The molecule has 4 nitrogen and oxygen atoms in total. The van der Waals surface area contributed by atoms with E-state index in [2.05, 4.69) is 48.9 Å². The van der Waals surface area contributed by atoms with Gasteiger partial charge in [0.05, 0.1) is 4.92 Å². The molecule has 0 bridgehead atoms. The lowest BCUT2D eigenvalue weighted by Gasteiger charge is -1.98. The van der Waals surface area contributed by atoms with Crippen LogP contribution in [0.1, 0.15) is 22.3 Å². The molecule has 0 amide bonds. The minimum absolute atomic E-state index is 0.0627. The van der Waals surface area contributed by atoms with Crippen molar-refractivity contribution in [1.82, 2.24) is 0 Å². The molecule has 0 aromatic heterocycles. The summed E-state index contributed by atoms with van der Waals surface area (Å²) >= 11 is 8.36. The lowest BCUT2D eigenvalue weighted by atomic mass is 10.1. The van der Waals surface area contributed by atoms with Crippen LogP contribution in [0, 0.1) is 33.8 Å². The first-order valence-electron chi connectivity index (χ1n) is 8.12. The maximum atomic E-state index is 11.1. The molecule has 0 heterocycles. The highest BCUT2D eigenvalue weighted by Gasteiger charge is 2.11. The van der Waals surface area contributed by atoms with E-state index in [1.807, 2.05) is 36.4 Å². The number of thiol groups is 2. The van der Waals surface area contributed by atoms with E-state index in [0.717, 1.165) is 21.6 Å². The highest BCUT2D eigenvalue weighted by molar-refractivity contribution is 7.80. The van der Waals surface area contributed by atoms with Gasteiger partial charge in [-0.15, -0.1) is 25.3 Å². The van der Waals surface area contributed by atoms with Gasteiger partial charge in [0.1, 0.15) is 5.56 Å². The summed E-state index contributed by atoms with van der Waals surface area (Å²) in [6.45, 7) is 0. The summed E-state index contributed by atoms with van der Waals surface area (Å²) in [4.78, 5) is 12.0. The van der Waals surface area contributed by atoms with Gasteiger partial charge in [0.2, 0.25) is 0 Å². The number of nitrogens with zero attached hydrogens (tertiary/aromatic N) is 1. The average molecular weight is 403 g/mol. The summed E-state index contributed by atoms with van der Waals surface area (Å²) in [6, 6.07) is 17.4. The van der Waals surface area contributed by atoms with Crippen LogP contribution in [0.2, 0.25) is 0 Å². The summed E-state index contributed by atoms with van der Waals surface area (Å²) in [6.07, 6.45) is 0. The van der Waals surface area contributed by atoms with Crippen LogP contribution in [0.15, 0.2) is 70.5 Å². The lowest BCUT2D eigenvalue weighted by molar-refractivity contribution is -0.385. The Morgan fingerprint density at radius 2 is 1.25 bits per heavy atom. The molecule has 0 radical (unpaired) electrons. The van der Waals surface area contributed by atoms with Crippen LogP contribution in [-0.4, -0.2) is 4.92 Å². The van der Waals surface area contributed by atoms with Crippen molar-refractivity contribution in [3.63, 3.8) is 0 Å². The first-order valence-corrected chi connectivity index (χ1v) is 9.02. The first-order chi connectivity index (χ1) is 13.4. The molecule has 3 aromatic rings. The molecule has 3 rings (SSSR count). The molecule has 0 saturated heterocycles. The van der Waals surface area contributed by atoms with Gasteiger partial charge >= 0.3 is 0 Å². The Balaban J connectivity index is 1.81. The molecule has 0 atom stereocenters. The Kier molecular flexibility index (Phi) is 5.96. The molecule has 0 aliphatic carbocycles. The number of anilines is 1. The van der Waals surface area contributed by atoms with Gasteiger partial charge in [-0.3, -0.25) is 10.1 Å². The van der Waals surface area contributed by atoms with Crippen molar-refractivity contribution >= 4 is 36.6 Å². The fraction of sp³-hybridized carbons (Fsp3) is 0. The van der Waals surface area contributed by atoms with Crippen molar-refractivity contribution in [3.05, 3.63) is 93.0 Å². The third-order valence-electron chi connectivity index (χ3n) is 3.78. The van der Waals surface area contributed by atoms with E-state index >= 15 is 0 Å². The zero-order valence-electron chi connectivity index (χ0n) is 14.5. The quantitative estimate of drug-likeness (QED) is 0.184. The van der Waals surface area contributed by atoms with Crippen LogP contribution in [0.5, 0.6) is 0 Å². The molecular weight excluding hydrogens is 388 g/mol. The number of benzene rings is 3. The third kappa shape index (κ3) is 4.89. The summed E-state index contributed by atoms with van der Waals surface area (Å²) in [7, 11) is 0. The molecule has 136 valence electrons. The number of hydrogen-bond acceptors (Lipinski definition) is 5. The molecule has 28 heavy (non-hydrogen) atoms. The summed E-state index contributed by atoms with van der Waals surface area (Å²) in [5.41, 5.74) is 9.06. The predicted octanol–water partition coefficient (Wildman–Crippen LogP) is 4.55. The van der Waals surface area contributed by atoms with Crippen molar-refractivity contribution in [1.29, 1.82) is 0 Å². The van der Waals surface area contributed by atoms with Gasteiger partial charge in [0.15, 0.2) is 0 Å². The monoisotopic (exact) mass is 402 g/mol. The van der Waals surface area contributed by atoms with Crippen LogP contribution >= 0.6 is 25.3 Å². The normalized spacial score (nSPS) is 9.64. The zero-order valence-corrected chi connectivity index (χ0v) is 16.3. The van der Waals surface area contributed by atoms with Gasteiger partial charge < -0.3 is 5.73 Å². The largest absolute Gasteiger partial charge is 0.398 e. The van der Waals surface area contributed by atoms with Gasteiger partial charge in [0.25, 0.3) is 5.69 Å². The van der Waals surface area contributed by atoms with Crippen LogP contribution < -0.4 is 5.73 Å². The topological polar surface area (TPSA) is 69.2 Å². The van der Waals surface area contributed by atoms with Crippen LogP contribution in [0.4, 0.5) is 11.4 Å². The van der Waals surface area contributed by atoms with Crippen molar-refractivity contribution < 1.29 is 4.92 Å². The maximum absolute atomic E-state index is 11.1. The number of rotatable bonds is 1. The number of nitro groups is 1. The van der Waals surface area contributed by atoms with Crippen molar-refractivity contribution in [2.24, 2.45) is 0 Å². The fourth-order valence-corrected chi connectivity index (χ4v) is 2.77. The lowest BCUT2D eigenvalue weighted by Crippen LogP contribution is -1.92. The van der Waals surface area contributed by atoms with Crippen LogP contribution in [0.3, 0.4) is 0 Å². The Morgan fingerprint density at radius 3 is 1.79 bits per heavy atom. The van der Waals surface area contributed by atoms with Crippen molar-refractivity contribution in [2.75, 3.05) is 5.73 Å². The van der Waals surface area contributed by atoms with E-state index in [0.29, 0.717) is 16.1 Å². The number of nitrogen functional groups attached to an aromatic ring is 1. The number of nitrogens with two attached hydrogens (primary N) is 1.